The minimum atomic E-state index is 0.284. The lowest BCUT2D eigenvalue weighted by atomic mass is 10.0. The number of piperazine rings is 1. The number of anilines is 1. The third kappa shape index (κ3) is 4.21. The highest BCUT2D eigenvalue weighted by Gasteiger charge is 2.26. The standard InChI is InChI=1S/C18H31N3/c1-6-19-14-16-13-15(2)7-8-17(16)20-9-11-21(12-10-20)18(3,4)5/h7-8,13,19H,6,9-12,14H2,1-5H3. The van der Waals surface area contributed by atoms with Crippen molar-refractivity contribution in [1.29, 1.82) is 0 Å². The fourth-order valence-electron chi connectivity index (χ4n) is 3.04. The first-order chi connectivity index (χ1) is 9.91. The third-order valence-corrected chi connectivity index (χ3v) is 4.37. The Morgan fingerprint density at radius 2 is 1.76 bits per heavy atom. The second-order valence-electron chi connectivity index (χ2n) is 7.06. The van der Waals surface area contributed by atoms with Crippen LogP contribution >= 0.6 is 0 Å². The summed E-state index contributed by atoms with van der Waals surface area (Å²) >= 11 is 0. The monoisotopic (exact) mass is 289 g/mol. The summed E-state index contributed by atoms with van der Waals surface area (Å²) < 4.78 is 0. The molecule has 1 N–H and O–H groups in total. The van der Waals surface area contributed by atoms with Gasteiger partial charge < -0.3 is 10.2 Å². The molecule has 0 atom stereocenters. The Morgan fingerprint density at radius 1 is 1.10 bits per heavy atom. The number of aryl methyl sites for hydroxylation is 1. The Hall–Kier alpha value is -1.06. The highest BCUT2D eigenvalue weighted by molar-refractivity contribution is 5.55. The molecule has 0 spiro atoms. The van der Waals surface area contributed by atoms with E-state index < -0.39 is 0 Å². The first-order valence-corrected chi connectivity index (χ1v) is 8.22. The van der Waals surface area contributed by atoms with Crippen molar-refractivity contribution >= 4 is 5.69 Å². The lowest BCUT2D eigenvalue weighted by Crippen LogP contribution is -2.53. The van der Waals surface area contributed by atoms with Gasteiger partial charge in [-0.3, -0.25) is 4.90 Å². The predicted molar refractivity (Wildman–Crippen MR) is 92.1 cm³/mol. The van der Waals surface area contributed by atoms with E-state index in [1.807, 2.05) is 0 Å². The van der Waals surface area contributed by atoms with Crippen LogP contribution in [0.4, 0.5) is 5.69 Å². The van der Waals surface area contributed by atoms with Gasteiger partial charge in [-0.15, -0.1) is 0 Å². The maximum atomic E-state index is 3.47. The molecule has 2 rings (SSSR count). The molecule has 118 valence electrons. The van der Waals surface area contributed by atoms with Crippen molar-refractivity contribution in [3.63, 3.8) is 0 Å². The van der Waals surface area contributed by atoms with Crippen LogP contribution in [0.3, 0.4) is 0 Å². The van der Waals surface area contributed by atoms with Gasteiger partial charge in [-0.25, -0.2) is 0 Å². The topological polar surface area (TPSA) is 18.5 Å². The summed E-state index contributed by atoms with van der Waals surface area (Å²) in [6, 6.07) is 6.86. The molecule has 1 aliphatic rings. The summed E-state index contributed by atoms with van der Waals surface area (Å²) in [4.78, 5) is 5.13. The fourth-order valence-corrected chi connectivity index (χ4v) is 3.04. The maximum absolute atomic E-state index is 3.47. The van der Waals surface area contributed by atoms with E-state index >= 15 is 0 Å². The number of nitrogens with zero attached hydrogens (tertiary/aromatic N) is 2. The van der Waals surface area contributed by atoms with Crippen molar-refractivity contribution in [2.75, 3.05) is 37.6 Å². The number of rotatable bonds is 4. The van der Waals surface area contributed by atoms with Gasteiger partial charge in [0.15, 0.2) is 0 Å². The Kier molecular flexibility index (Phi) is 5.28. The van der Waals surface area contributed by atoms with Crippen LogP contribution in [-0.4, -0.2) is 43.2 Å². The molecule has 1 saturated heterocycles. The highest BCUT2D eigenvalue weighted by Crippen LogP contribution is 2.25. The van der Waals surface area contributed by atoms with E-state index in [0.29, 0.717) is 0 Å². The van der Waals surface area contributed by atoms with Gasteiger partial charge in [0.25, 0.3) is 0 Å². The second-order valence-corrected chi connectivity index (χ2v) is 7.06. The zero-order valence-corrected chi connectivity index (χ0v) is 14.4. The van der Waals surface area contributed by atoms with E-state index in [1.54, 1.807) is 0 Å². The van der Waals surface area contributed by atoms with Crippen LogP contribution in [0.2, 0.25) is 0 Å². The Morgan fingerprint density at radius 3 is 2.33 bits per heavy atom. The SMILES string of the molecule is CCNCc1cc(C)ccc1N1CCN(C(C)(C)C)CC1. The Bertz CT molecular complexity index is 454. The average Bonchev–Trinajstić information content (AvgIpc) is 2.44. The van der Waals surface area contributed by atoms with Crippen LogP contribution in [-0.2, 0) is 6.54 Å². The van der Waals surface area contributed by atoms with E-state index in [1.165, 1.54) is 16.8 Å². The molecule has 0 aliphatic carbocycles. The summed E-state index contributed by atoms with van der Waals surface area (Å²) in [5.41, 5.74) is 4.47. The minimum absolute atomic E-state index is 0.284. The van der Waals surface area contributed by atoms with Crippen molar-refractivity contribution < 1.29 is 0 Å². The molecule has 3 heteroatoms. The minimum Gasteiger partial charge on any atom is -0.369 e. The number of benzene rings is 1. The van der Waals surface area contributed by atoms with Crippen LogP contribution in [0.15, 0.2) is 18.2 Å². The van der Waals surface area contributed by atoms with Gasteiger partial charge in [0.05, 0.1) is 0 Å². The molecule has 0 aromatic heterocycles. The van der Waals surface area contributed by atoms with Gasteiger partial charge in [0, 0.05) is 44.0 Å². The molecule has 3 nitrogen and oxygen atoms in total. The van der Waals surface area contributed by atoms with Gasteiger partial charge in [0.1, 0.15) is 0 Å². The largest absolute Gasteiger partial charge is 0.369 e. The van der Waals surface area contributed by atoms with Crippen LogP contribution < -0.4 is 10.2 Å². The number of hydrogen-bond donors (Lipinski definition) is 1. The van der Waals surface area contributed by atoms with Gasteiger partial charge in [-0.05, 0) is 45.9 Å². The fraction of sp³-hybridized carbons (Fsp3) is 0.667. The summed E-state index contributed by atoms with van der Waals surface area (Å²) in [6.45, 7) is 17.8. The third-order valence-electron chi connectivity index (χ3n) is 4.37. The number of nitrogens with one attached hydrogen (secondary N) is 1. The van der Waals surface area contributed by atoms with Crippen molar-refractivity contribution in [1.82, 2.24) is 10.2 Å². The smallest absolute Gasteiger partial charge is 0.0412 e. The van der Waals surface area contributed by atoms with Crippen LogP contribution in [0.1, 0.15) is 38.8 Å². The molecule has 1 aromatic rings. The lowest BCUT2D eigenvalue weighted by molar-refractivity contribution is 0.128. The van der Waals surface area contributed by atoms with Crippen molar-refractivity contribution in [2.45, 2.75) is 46.7 Å². The molecule has 0 unspecified atom stereocenters. The first-order valence-electron chi connectivity index (χ1n) is 8.22. The molecule has 0 radical (unpaired) electrons. The van der Waals surface area contributed by atoms with Crippen molar-refractivity contribution in [3.8, 4) is 0 Å². The normalized spacial score (nSPS) is 17.3. The van der Waals surface area contributed by atoms with Crippen LogP contribution in [0.5, 0.6) is 0 Å². The molecule has 1 aromatic carbocycles. The molecule has 1 heterocycles. The van der Waals surface area contributed by atoms with E-state index in [9.17, 15) is 0 Å². The average molecular weight is 289 g/mol. The zero-order chi connectivity index (χ0) is 15.5. The molecule has 0 saturated carbocycles. The van der Waals surface area contributed by atoms with Gasteiger partial charge in [0.2, 0.25) is 0 Å². The molecule has 0 amide bonds. The lowest BCUT2D eigenvalue weighted by Gasteiger charge is -2.43. The van der Waals surface area contributed by atoms with Crippen molar-refractivity contribution in [3.05, 3.63) is 29.3 Å². The molecule has 1 fully saturated rings. The zero-order valence-electron chi connectivity index (χ0n) is 14.4. The van der Waals surface area contributed by atoms with E-state index in [4.69, 9.17) is 0 Å². The van der Waals surface area contributed by atoms with Gasteiger partial charge in [-0.2, -0.15) is 0 Å². The van der Waals surface area contributed by atoms with E-state index in [-0.39, 0.29) is 5.54 Å². The van der Waals surface area contributed by atoms with E-state index in [2.05, 4.69) is 67.9 Å². The quantitative estimate of drug-likeness (QED) is 0.919. The molecule has 1 aliphatic heterocycles. The predicted octanol–water partition coefficient (Wildman–Crippen LogP) is 3.03. The Balaban J connectivity index is 2.09. The maximum Gasteiger partial charge on any atom is 0.0412 e. The molecular formula is C18H31N3. The van der Waals surface area contributed by atoms with Crippen LogP contribution in [0, 0.1) is 6.92 Å². The molecule has 21 heavy (non-hydrogen) atoms. The number of hydrogen-bond acceptors (Lipinski definition) is 3. The Labute approximate surface area is 130 Å². The summed E-state index contributed by atoms with van der Waals surface area (Å²) in [5.74, 6) is 0. The summed E-state index contributed by atoms with van der Waals surface area (Å²) in [5, 5.41) is 3.47. The summed E-state index contributed by atoms with van der Waals surface area (Å²) in [6.07, 6.45) is 0. The molecule has 0 bridgehead atoms. The van der Waals surface area contributed by atoms with Crippen LogP contribution in [0.25, 0.3) is 0 Å². The second kappa shape index (κ2) is 6.80. The van der Waals surface area contributed by atoms with Gasteiger partial charge >= 0.3 is 0 Å². The first kappa shape index (κ1) is 16.3. The molecular weight excluding hydrogens is 258 g/mol. The van der Waals surface area contributed by atoms with Crippen molar-refractivity contribution in [2.24, 2.45) is 0 Å². The summed E-state index contributed by atoms with van der Waals surface area (Å²) in [7, 11) is 0. The highest BCUT2D eigenvalue weighted by atomic mass is 15.3. The van der Waals surface area contributed by atoms with E-state index in [0.717, 1.165) is 39.3 Å². The van der Waals surface area contributed by atoms with Gasteiger partial charge in [-0.1, -0.05) is 24.6 Å².